The van der Waals surface area contributed by atoms with Gasteiger partial charge >= 0.3 is 5.97 Å². The van der Waals surface area contributed by atoms with Gasteiger partial charge in [-0.05, 0) is 19.1 Å². The number of carbonyl (C=O) groups is 1. The molecule has 0 saturated carbocycles. The van der Waals surface area contributed by atoms with Crippen LogP contribution in [0.25, 0.3) is 10.9 Å². The van der Waals surface area contributed by atoms with Gasteiger partial charge in [-0.2, -0.15) is 0 Å². The van der Waals surface area contributed by atoms with Crippen molar-refractivity contribution in [2.75, 3.05) is 0 Å². The third kappa shape index (κ3) is 1.64. The fourth-order valence-electron chi connectivity index (χ4n) is 2.02. The first-order valence-electron chi connectivity index (χ1n) is 5.06. The Balaban J connectivity index is 3.23. The van der Waals surface area contributed by atoms with Gasteiger partial charge in [0, 0.05) is 22.5 Å². The zero-order valence-corrected chi connectivity index (χ0v) is 11.2. The number of aromatic carboxylic acids is 1. The minimum Gasteiger partial charge on any atom is -0.478 e. The molecule has 0 aliphatic heterocycles. The number of pyridine rings is 1. The van der Waals surface area contributed by atoms with Gasteiger partial charge in [-0.15, -0.1) is 0 Å². The highest BCUT2D eigenvalue weighted by atomic mass is 79.9. The molecule has 0 atom stereocenters. The lowest BCUT2D eigenvalue weighted by Crippen LogP contribution is -2.24. The number of aromatic nitrogens is 1. The van der Waals surface area contributed by atoms with Gasteiger partial charge in [0.1, 0.15) is 5.82 Å². The number of hydrogen-bond donors (Lipinski definition) is 1. The Labute approximate surface area is 110 Å². The van der Waals surface area contributed by atoms with E-state index in [2.05, 4.69) is 15.9 Å². The Morgan fingerprint density at radius 2 is 2.06 bits per heavy atom. The van der Waals surface area contributed by atoms with Crippen LogP contribution in [0.5, 0.6) is 0 Å². The highest BCUT2D eigenvalue weighted by Crippen LogP contribution is 2.29. The topological polar surface area (TPSA) is 59.3 Å². The van der Waals surface area contributed by atoms with Crippen molar-refractivity contribution >= 4 is 32.8 Å². The molecule has 0 bridgehead atoms. The average Bonchev–Trinajstić information content (AvgIpc) is 2.30. The summed E-state index contributed by atoms with van der Waals surface area (Å²) in [6, 6.07) is 2.61. The molecule has 94 valence electrons. The van der Waals surface area contributed by atoms with Crippen LogP contribution in [-0.4, -0.2) is 15.6 Å². The average molecular weight is 314 g/mol. The van der Waals surface area contributed by atoms with Crippen molar-refractivity contribution in [3.63, 3.8) is 0 Å². The van der Waals surface area contributed by atoms with E-state index in [0.717, 1.165) is 4.57 Å². The lowest BCUT2D eigenvalue weighted by atomic mass is 10.0. The fraction of sp³-hybridized carbons (Fsp3) is 0.167. The number of rotatable bonds is 1. The molecule has 1 N–H and O–H groups in total. The number of carboxylic acids is 1. The normalized spacial score (nSPS) is 10.9. The largest absolute Gasteiger partial charge is 0.478 e. The molecule has 1 heterocycles. The Kier molecular flexibility index (Phi) is 2.98. The summed E-state index contributed by atoms with van der Waals surface area (Å²) < 4.78 is 15.4. The van der Waals surface area contributed by atoms with Gasteiger partial charge < -0.3 is 9.67 Å². The molecule has 0 fully saturated rings. The van der Waals surface area contributed by atoms with E-state index in [1.54, 1.807) is 0 Å². The van der Waals surface area contributed by atoms with Crippen molar-refractivity contribution in [2.45, 2.75) is 6.92 Å². The molecule has 0 aliphatic carbocycles. The molecule has 2 aromatic rings. The van der Waals surface area contributed by atoms with Crippen LogP contribution in [-0.2, 0) is 7.05 Å². The zero-order valence-electron chi connectivity index (χ0n) is 9.62. The van der Waals surface area contributed by atoms with Gasteiger partial charge in [0.05, 0.1) is 11.1 Å². The predicted octanol–water partition coefficient (Wildman–Crippen LogP) is 2.45. The van der Waals surface area contributed by atoms with Crippen LogP contribution < -0.4 is 5.56 Å². The first-order chi connectivity index (χ1) is 8.36. The summed E-state index contributed by atoms with van der Waals surface area (Å²) >= 11 is 3.20. The Hall–Kier alpha value is -1.69. The fourth-order valence-corrected chi connectivity index (χ4v) is 2.54. The van der Waals surface area contributed by atoms with Crippen molar-refractivity contribution in [1.29, 1.82) is 0 Å². The summed E-state index contributed by atoms with van der Waals surface area (Å²) in [5.41, 5.74) is -0.613. The predicted molar refractivity (Wildman–Crippen MR) is 68.5 cm³/mol. The van der Waals surface area contributed by atoms with Crippen LogP contribution >= 0.6 is 15.9 Å². The van der Waals surface area contributed by atoms with Crippen molar-refractivity contribution in [2.24, 2.45) is 7.05 Å². The second-order valence-electron chi connectivity index (χ2n) is 3.92. The standard InChI is InChI=1S/C12H9BrFNO3/c1-5-8(12(17)18)9-6(13)3-4-7(14)10(9)15(2)11(5)16/h3-4H,1-2H3,(H,17,18). The Morgan fingerprint density at radius 1 is 1.44 bits per heavy atom. The molecule has 0 aliphatic rings. The van der Waals surface area contributed by atoms with Crippen molar-refractivity contribution in [3.05, 3.63) is 43.9 Å². The summed E-state index contributed by atoms with van der Waals surface area (Å²) in [6.07, 6.45) is 0. The van der Waals surface area contributed by atoms with Crippen LogP contribution in [0.15, 0.2) is 21.4 Å². The maximum atomic E-state index is 13.8. The van der Waals surface area contributed by atoms with Gasteiger partial charge in [0.15, 0.2) is 0 Å². The molecule has 6 heteroatoms. The van der Waals surface area contributed by atoms with Gasteiger partial charge in [-0.1, -0.05) is 15.9 Å². The molecule has 0 amide bonds. The van der Waals surface area contributed by atoms with E-state index in [4.69, 9.17) is 0 Å². The summed E-state index contributed by atoms with van der Waals surface area (Å²) in [5.74, 6) is -1.88. The summed E-state index contributed by atoms with van der Waals surface area (Å²) in [7, 11) is 1.42. The highest BCUT2D eigenvalue weighted by molar-refractivity contribution is 9.10. The van der Waals surface area contributed by atoms with Crippen LogP contribution in [0.1, 0.15) is 15.9 Å². The van der Waals surface area contributed by atoms with Gasteiger partial charge in [0.2, 0.25) is 0 Å². The smallest absolute Gasteiger partial charge is 0.336 e. The van der Waals surface area contributed by atoms with E-state index in [1.165, 1.54) is 26.1 Å². The number of benzene rings is 1. The third-order valence-corrected chi connectivity index (χ3v) is 3.54. The molecule has 0 saturated heterocycles. The van der Waals surface area contributed by atoms with E-state index in [-0.39, 0.29) is 22.0 Å². The molecule has 0 spiro atoms. The van der Waals surface area contributed by atoms with Crippen LogP contribution in [0, 0.1) is 12.7 Å². The van der Waals surface area contributed by atoms with Gasteiger partial charge in [-0.3, -0.25) is 4.79 Å². The van der Waals surface area contributed by atoms with E-state index in [0.29, 0.717) is 4.47 Å². The SMILES string of the molecule is Cc1c(C(=O)O)c2c(Br)ccc(F)c2n(C)c1=O. The Bertz CT molecular complexity index is 736. The Morgan fingerprint density at radius 3 is 2.61 bits per heavy atom. The minimum atomic E-state index is -1.25. The lowest BCUT2D eigenvalue weighted by molar-refractivity contribution is 0.0698. The molecular formula is C12H9BrFNO3. The van der Waals surface area contributed by atoms with E-state index in [9.17, 15) is 19.1 Å². The van der Waals surface area contributed by atoms with Gasteiger partial charge in [-0.25, -0.2) is 9.18 Å². The van der Waals surface area contributed by atoms with Crippen LogP contribution in [0.3, 0.4) is 0 Å². The summed E-state index contributed by atoms with van der Waals surface area (Å²) in [5, 5.41) is 9.40. The van der Waals surface area contributed by atoms with Crippen molar-refractivity contribution in [1.82, 2.24) is 4.57 Å². The zero-order chi connectivity index (χ0) is 13.6. The molecule has 0 unspecified atom stereocenters. The third-order valence-electron chi connectivity index (χ3n) is 2.88. The number of carboxylic acid groups (broad SMARTS) is 1. The molecule has 1 aromatic heterocycles. The van der Waals surface area contributed by atoms with Crippen molar-refractivity contribution < 1.29 is 14.3 Å². The first-order valence-corrected chi connectivity index (χ1v) is 5.86. The second kappa shape index (κ2) is 4.20. The molecular weight excluding hydrogens is 305 g/mol. The summed E-state index contributed by atoms with van der Waals surface area (Å²) in [6.45, 7) is 1.42. The number of fused-ring (bicyclic) bond motifs is 1. The molecule has 0 radical (unpaired) electrons. The second-order valence-corrected chi connectivity index (χ2v) is 4.78. The summed E-state index contributed by atoms with van der Waals surface area (Å²) in [4.78, 5) is 23.2. The molecule has 1 aromatic carbocycles. The van der Waals surface area contributed by atoms with Crippen LogP contribution in [0.2, 0.25) is 0 Å². The monoisotopic (exact) mass is 313 g/mol. The number of halogens is 2. The first kappa shape index (κ1) is 12.8. The number of aryl methyl sites for hydroxylation is 1. The highest BCUT2D eigenvalue weighted by Gasteiger charge is 2.21. The van der Waals surface area contributed by atoms with Crippen LogP contribution in [0.4, 0.5) is 4.39 Å². The molecule has 18 heavy (non-hydrogen) atoms. The van der Waals surface area contributed by atoms with Gasteiger partial charge in [0.25, 0.3) is 5.56 Å². The number of nitrogens with zero attached hydrogens (tertiary/aromatic N) is 1. The minimum absolute atomic E-state index is 0.0163. The molecule has 2 rings (SSSR count). The maximum absolute atomic E-state index is 13.8. The molecule has 4 nitrogen and oxygen atoms in total. The quantitative estimate of drug-likeness (QED) is 0.879. The maximum Gasteiger partial charge on any atom is 0.336 e. The number of hydrogen-bond acceptors (Lipinski definition) is 2. The van der Waals surface area contributed by atoms with E-state index in [1.807, 2.05) is 0 Å². The van der Waals surface area contributed by atoms with E-state index < -0.39 is 17.3 Å². The van der Waals surface area contributed by atoms with Crippen molar-refractivity contribution in [3.8, 4) is 0 Å². The van der Waals surface area contributed by atoms with E-state index >= 15 is 0 Å². The lowest BCUT2D eigenvalue weighted by Gasteiger charge is -2.12.